The van der Waals surface area contributed by atoms with Gasteiger partial charge in [-0.3, -0.25) is 0 Å². The van der Waals surface area contributed by atoms with Gasteiger partial charge in [0.25, 0.3) is 0 Å². The van der Waals surface area contributed by atoms with Gasteiger partial charge in [0.1, 0.15) is 5.58 Å². The summed E-state index contributed by atoms with van der Waals surface area (Å²) in [5, 5.41) is 13.4. The summed E-state index contributed by atoms with van der Waals surface area (Å²) in [6.07, 6.45) is 0. The molecule has 1 aromatic heterocycles. The second-order valence-corrected chi connectivity index (χ2v) is 12.3. The third-order valence-electron chi connectivity index (χ3n) is 8.50. The van der Waals surface area contributed by atoms with Gasteiger partial charge in [-0.15, -0.1) is 0 Å². The molecule has 1 N–H and O–H groups in total. The SMILES string of the molecule is CC(C)(C)c1cccc2c1oc1c(Nc3ccc4cc(-c5ccc6ccccc6c5)ccc4c3)cc3ccccc3c12. The summed E-state index contributed by atoms with van der Waals surface area (Å²) >= 11 is 0. The Labute approximate surface area is 245 Å². The molecular formula is C40H31NO. The topological polar surface area (TPSA) is 25.2 Å². The number of para-hydroxylation sites is 1. The van der Waals surface area contributed by atoms with E-state index in [0.717, 1.165) is 33.3 Å². The first-order valence-electron chi connectivity index (χ1n) is 14.6. The van der Waals surface area contributed by atoms with Gasteiger partial charge < -0.3 is 9.73 Å². The summed E-state index contributed by atoms with van der Waals surface area (Å²) in [5.41, 5.74) is 7.53. The van der Waals surface area contributed by atoms with Gasteiger partial charge >= 0.3 is 0 Å². The lowest BCUT2D eigenvalue weighted by Crippen LogP contribution is -2.10. The monoisotopic (exact) mass is 541 g/mol. The van der Waals surface area contributed by atoms with Crippen LogP contribution in [0.15, 0.2) is 132 Å². The molecule has 0 spiro atoms. The van der Waals surface area contributed by atoms with Crippen LogP contribution in [0.25, 0.3) is 65.4 Å². The van der Waals surface area contributed by atoms with Gasteiger partial charge in [0, 0.05) is 22.0 Å². The molecule has 2 heteroatoms. The summed E-state index contributed by atoms with van der Waals surface area (Å²) in [5.74, 6) is 0. The number of hydrogen-bond acceptors (Lipinski definition) is 2. The van der Waals surface area contributed by atoms with Crippen LogP contribution >= 0.6 is 0 Å². The molecule has 1 heterocycles. The molecule has 8 aromatic rings. The van der Waals surface area contributed by atoms with Crippen molar-refractivity contribution in [1.82, 2.24) is 0 Å². The van der Waals surface area contributed by atoms with Crippen LogP contribution in [0.4, 0.5) is 11.4 Å². The van der Waals surface area contributed by atoms with Crippen molar-refractivity contribution in [3.8, 4) is 11.1 Å². The van der Waals surface area contributed by atoms with Crippen LogP contribution in [0.5, 0.6) is 0 Å². The molecule has 0 saturated carbocycles. The average molecular weight is 542 g/mol. The van der Waals surface area contributed by atoms with Gasteiger partial charge in [-0.1, -0.05) is 118 Å². The number of furan rings is 1. The van der Waals surface area contributed by atoms with Crippen molar-refractivity contribution in [1.29, 1.82) is 0 Å². The van der Waals surface area contributed by atoms with E-state index in [-0.39, 0.29) is 5.41 Å². The van der Waals surface area contributed by atoms with Gasteiger partial charge in [0.05, 0.1) is 5.69 Å². The highest BCUT2D eigenvalue weighted by molar-refractivity contribution is 6.22. The molecule has 0 saturated heterocycles. The van der Waals surface area contributed by atoms with E-state index >= 15 is 0 Å². The minimum Gasteiger partial charge on any atom is -0.454 e. The number of benzene rings is 7. The normalized spacial score (nSPS) is 12.2. The van der Waals surface area contributed by atoms with E-state index in [9.17, 15) is 0 Å². The largest absolute Gasteiger partial charge is 0.454 e. The lowest BCUT2D eigenvalue weighted by molar-refractivity contribution is 0.573. The molecule has 0 bridgehead atoms. The zero-order valence-electron chi connectivity index (χ0n) is 24.0. The predicted octanol–water partition coefficient (Wildman–Crippen LogP) is 11.8. The maximum Gasteiger partial charge on any atom is 0.159 e. The van der Waals surface area contributed by atoms with Crippen molar-refractivity contribution in [2.75, 3.05) is 5.32 Å². The van der Waals surface area contributed by atoms with Crippen LogP contribution in [0.1, 0.15) is 26.3 Å². The summed E-state index contributed by atoms with van der Waals surface area (Å²) in [7, 11) is 0. The number of hydrogen-bond donors (Lipinski definition) is 1. The first-order chi connectivity index (χ1) is 20.4. The fraction of sp³-hybridized carbons (Fsp3) is 0.100. The molecule has 202 valence electrons. The molecule has 7 aromatic carbocycles. The molecule has 0 unspecified atom stereocenters. The van der Waals surface area contributed by atoms with Crippen LogP contribution < -0.4 is 5.32 Å². The van der Waals surface area contributed by atoms with Crippen molar-refractivity contribution in [2.24, 2.45) is 0 Å². The highest BCUT2D eigenvalue weighted by Crippen LogP contribution is 2.43. The Morgan fingerprint density at radius 2 is 1.12 bits per heavy atom. The summed E-state index contributed by atoms with van der Waals surface area (Å²) in [6, 6.07) is 45.9. The Morgan fingerprint density at radius 1 is 0.500 bits per heavy atom. The van der Waals surface area contributed by atoms with Gasteiger partial charge in [-0.25, -0.2) is 0 Å². The minimum atomic E-state index is -0.0270. The zero-order valence-corrected chi connectivity index (χ0v) is 24.0. The van der Waals surface area contributed by atoms with Gasteiger partial charge in [-0.2, -0.15) is 0 Å². The van der Waals surface area contributed by atoms with Crippen molar-refractivity contribution in [2.45, 2.75) is 26.2 Å². The zero-order chi connectivity index (χ0) is 28.4. The Morgan fingerprint density at radius 3 is 1.90 bits per heavy atom. The van der Waals surface area contributed by atoms with Crippen molar-refractivity contribution < 1.29 is 4.42 Å². The van der Waals surface area contributed by atoms with Gasteiger partial charge in [-0.05, 0) is 79.2 Å². The molecular weight excluding hydrogens is 510 g/mol. The maximum absolute atomic E-state index is 6.74. The highest BCUT2D eigenvalue weighted by Gasteiger charge is 2.23. The van der Waals surface area contributed by atoms with E-state index in [1.807, 2.05) is 0 Å². The van der Waals surface area contributed by atoms with E-state index in [4.69, 9.17) is 4.42 Å². The lowest BCUT2D eigenvalue weighted by Gasteiger charge is -2.18. The summed E-state index contributed by atoms with van der Waals surface area (Å²) < 4.78 is 6.74. The van der Waals surface area contributed by atoms with Crippen LogP contribution in [-0.4, -0.2) is 0 Å². The molecule has 0 fully saturated rings. The Balaban J connectivity index is 1.23. The molecule has 0 amide bonds. The average Bonchev–Trinajstić information content (AvgIpc) is 3.41. The van der Waals surface area contributed by atoms with Crippen molar-refractivity contribution in [3.05, 3.63) is 133 Å². The summed E-state index contributed by atoms with van der Waals surface area (Å²) in [4.78, 5) is 0. The number of nitrogens with one attached hydrogen (secondary N) is 1. The number of rotatable bonds is 3. The van der Waals surface area contributed by atoms with Crippen LogP contribution in [0.3, 0.4) is 0 Å². The third kappa shape index (κ3) is 4.02. The van der Waals surface area contributed by atoms with Gasteiger partial charge in [0.15, 0.2) is 5.58 Å². The van der Waals surface area contributed by atoms with Crippen molar-refractivity contribution >= 4 is 65.6 Å². The smallest absolute Gasteiger partial charge is 0.159 e. The molecule has 0 aliphatic heterocycles. The van der Waals surface area contributed by atoms with E-state index < -0.39 is 0 Å². The molecule has 0 aliphatic carbocycles. The fourth-order valence-corrected chi connectivity index (χ4v) is 6.36. The minimum absolute atomic E-state index is 0.0270. The maximum atomic E-state index is 6.74. The molecule has 0 aliphatic rings. The Hall–Kier alpha value is -5.08. The third-order valence-corrected chi connectivity index (χ3v) is 8.50. The standard InChI is InChI=1S/C40H31NO/c1-40(2,3)35-14-8-13-34-37-33-12-7-6-11-31(33)24-36(39(37)42-38(34)35)41-32-20-19-29-22-28(17-18-30(29)23-32)27-16-15-25-9-4-5-10-26(25)21-27/h4-24,41H,1-3H3. The van der Waals surface area contributed by atoms with E-state index in [2.05, 4.69) is 153 Å². The Bertz CT molecular complexity index is 2320. The number of anilines is 2. The molecule has 8 rings (SSSR count). The second-order valence-electron chi connectivity index (χ2n) is 12.3. The summed E-state index contributed by atoms with van der Waals surface area (Å²) in [6.45, 7) is 6.73. The molecule has 42 heavy (non-hydrogen) atoms. The van der Waals surface area contributed by atoms with E-state index in [0.29, 0.717) is 0 Å². The lowest BCUT2D eigenvalue weighted by atomic mass is 9.86. The number of fused-ring (bicyclic) bond motifs is 7. The van der Waals surface area contributed by atoms with Crippen molar-refractivity contribution in [3.63, 3.8) is 0 Å². The molecule has 0 radical (unpaired) electrons. The first kappa shape index (κ1) is 24.7. The Kier molecular flexibility index (Phi) is 5.42. The van der Waals surface area contributed by atoms with Gasteiger partial charge in [0.2, 0.25) is 0 Å². The van der Waals surface area contributed by atoms with E-state index in [1.54, 1.807) is 0 Å². The van der Waals surface area contributed by atoms with Crippen LogP contribution in [-0.2, 0) is 5.41 Å². The fourth-order valence-electron chi connectivity index (χ4n) is 6.36. The quantitative estimate of drug-likeness (QED) is 0.241. The molecule has 0 atom stereocenters. The second kappa shape index (κ2) is 9.22. The van der Waals surface area contributed by atoms with Crippen LogP contribution in [0.2, 0.25) is 0 Å². The van der Waals surface area contributed by atoms with E-state index in [1.165, 1.54) is 49.0 Å². The first-order valence-corrected chi connectivity index (χ1v) is 14.6. The predicted molar refractivity (Wildman–Crippen MR) is 180 cm³/mol. The highest BCUT2D eigenvalue weighted by atomic mass is 16.3. The molecule has 2 nitrogen and oxygen atoms in total. The van der Waals surface area contributed by atoms with Crippen LogP contribution in [0, 0.1) is 0 Å².